The molecule has 2 aliphatic rings. The lowest BCUT2D eigenvalue weighted by atomic mass is 9.94. The summed E-state index contributed by atoms with van der Waals surface area (Å²) in [6, 6.07) is 11.4. The molecule has 3 aromatic rings. The van der Waals surface area contributed by atoms with E-state index in [0.29, 0.717) is 25.4 Å². The van der Waals surface area contributed by atoms with Gasteiger partial charge in [0.2, 0.25) is 0 Å². The fourth-order valence-electron chi connectivity index (χ4n) is 5.21. The first kappa shape index (κ1) is 25.2. The van der Waals surface area contributed by atoms with E-state index in [1.54, 1.807) is 18.2 Å². The van der Waals surface area contributed by atoms with Crippen LogP contribution in [0.25, 0.3) is 11.1 Å². The van der Waals surface area contributed by atoms with Crippen molar-refractivity contribution >= 4 is 12.4 Å². The molecular formula is C25H24ClF4N3O2. The van der Waals surface area contributed by atoms with Crippen LogP contribution in [0.1, 0.15) is 24.0 Å². The van der Waals surface area contributed by atoms with Crippen molar-refractivity contribution in [1.82, 2.24) is 14.5 Å². The molecule has 1 saturated heterocycles. The van der Waals surface area contributed by atoms with Gasteiger partial charge in [0, 0.05) is 36.8 Å². The fourth-order valence-corrected chi connectivity index (χ4v) is 5.21. The molecule has 0 amide bonds. The van der Waals surface area contributed by atoms with E-state index in [2.05, 4.69) is 9.88 Å². The fraction of sp³-hybridized carbons (Fsp3) is 0.360. The van der Waals surface area contributed by atoms with Crippen LogP contribution in [0, 0.1) is 11.7 Å². The molecule has 2 heterocycles. The summed E-state index contributed by atoms with van der Waals surface area (Å²) in [7, 11) is 0. The highest BCUT2D eigenvalue weighted by Crippen LogP contribution is 2.59. The maximum atomic E-state index is 14.1. The number of halogens is 5. The number of rotatable bonds is 6. The highest BCUT2D eigenvalue weighted by molar-refractivity contribution is 5.85. The van der Waals surface area contributed by atoms with E-state index in [9.17, 15) is 27.2 Å². The Morgan fingerprint density at radius 2 is 1.71 bits per heavy atom. The number of aryl methyl sites for hydroxylation is 1. The monoisotopic (exact) mass is 509 g/mol. The van der Waals surface area contributed by atoms with Crippen molar-refractivity contribution in [3.63, 3.8) is 0 Å². The van der Waals surface area contributed by atoms with Crippen molar-refractivity contribution in [2.24, 2.45) is 5.92 Å². The van der Waals surface area contributed by atoms with Crippen molar-refractivity contribution in [3.05, 3.63) is 92.5 Å². The predicted octanol–water partition coefficient (Wildman–Crippen LogP) is 4.45. The number of hydrogen-bond donors (Lipinski definition) is 1. The molecule has 0 spiro atoms. The molecule has 1 aromatic heterocycles. The summed E-state index contributed by atoms with van der Waals surface area (Å²) < 4.78 is 54.1. The lowest BCUT2D eigenvalue weighted by Crippen LogP contribution is -2.32. The van der Waals surface area contributed by atoms with Crippen LogP contribution in [0.15, 0.2) is 64.3 Å². The molecule has 2 atom stereocenters. The Kier molecular flexibility index (Phi) is 6.68. The van der Waals surface area contributed by atoms with Gasteiger partial charge in [0.15, 0.2) is 0 Å². The van der Waals surface area contributed by atoms with Crippen molar-refractivity contribution in [3.8, 4) is 11.1 Å². The largest absolute Gasteiger partial charge is 0.416 e. The molecule has 1 aliphatic carbocycles. The van der Waals surface area contributed by atoms with Crippen LogP contribution in [-0.4, -0.2) is 34.1 Å². The Labute approximate surface area is 204 Å². The Morgan fingerprint density at radius 3 is 2.40 bits per heavy atom. The van der Waals surface area contributed by atoms with Gasteiger partial charge in [-0.25, -0.2) is 9.18 Å². The zero-order chi connectivity index (χ0) is 24.1. The smallest absolute Gasteiger partial charge is 0.302 e. The van der Waals surface area contributed by atoms with Crippen LogP contribution in [-0.2, 0) is 18.1 Å². The number of hydrogen-bond acceptors (Lipinski definition) is 3. The molecule has 0 bridgehead atoms. The molecule has 0 radical (unpaired) electrons. The Bertz CT molecular complexity index is 1340. The number of fused-ring (bicyclic) bond motifs is 1. The van der Waals surface area contributed by atoms with Crippen LogP contribution in [0.5, 0.6) is 0 Å². The Hall–Kier alpha value is -2.91. The van der Waals surface area contributed by atoms with Crippen molar-refractivity contribution < 1.29 is 17.6 Å². The molecule has 0 unspecified atom stereocenters. The van der Waals surface area contributed by atoms with Crippen LogP contribution >= 0.6 is 12.4 Å². The van der Waals surface area contributed by atoms with E-state index in [4.69, 9.17) is 0 Å². The van der Waals surface area contributed by atoms with Crippen molar-refractivity contribution in [2.75, 3.05) is 19.6 Å². The second-order valence-corrected chi connectivity index (χ2v) is 9.20. The second-order valence-electron chi connectivity index (χ2n) is 9.20. The Balaban J connectivity index is 0.00000289. The molecule has 10 heteroatoms. The summed E-state index contributed by atoms with van der Waals surface area (Å²) in [4.78, 5) is 29.0. The molecule has 35 heavy (non-hydrogen) atoms. The number of H-pyrrole nitrogens is 1. The van der Waals surface area contributed by atoms with Crippen LogP contribution in [0.4, 0.5) is 17.6 Å². The molecule has 5 nitrogen and oxygen atoms in total. The van der Waals surface area contributed by atoms with E-state index in [-0.39, 0.29) is 28.9 Å². The molecule has 2 aromatic carbocycles. The highest BCUT2D eigenvalue weighted by atomic mass is 35.5. The van der Waals surface area contributed by atoms with Crippen LogP contribution < -0.4 is 11.2 Å². The second kappa shape index (κ2) is 9.28. The highest BCUT2D eigenvalue weighted by Gasteiger charge is 2.60. The van der Waals surface area contributed by atoms with Crippen molar-refractivity contribution in [1.29, 1.82) is 0 Å². The topological polar surface area (TPSA) is 58.1 Å². The van der Waals surface area contributed by atoms with Gasteiger partial charge < -0.3 is 4.90 Å². The number of nitrogens with zero attached hydrogens (tertiary/aromatic N) is 2. The number of nitrogens with one attached hydrogen (secondary N) is 1. The molecular weight excluding hydrogens is 486 g/mol. The third-order valence-electron chi connectivity index (χ3n) is 7.05. The number of piperidine rings is 1. The van der Waals surface area contributed by atoms with Gasteiger partial charge in [-0.1, -0.05) is 30.3 Å². The average molecular weight is 510 g/mol. The van der Waals surface area contributed by atoms with Gasteiger partial charge in [-0.3, -0.25) is 14.3 Å². The minimum atomic E-state index is -4.34. The minimum Gasteiger partial charge on any atom is -0.302 e. The van der Waals surface area contributed by atoms with E-state index in [0.717, 1.165) is 37.2 Å². The summed E-state index contributed by atoms with van der Waals surface area (Å²) in [5.41, 5.74) is -0.728. The van der Waals surface area contributed by atoms with Gasteiger partial charge in [-0.2, -0.15) is 13.2 Å². The van der Waals surface area contributed by atoms with Crippen LogP contribution in [0.2, 0.25) is 0 Å². The summed E-state index contributed by atoms with van der Waals surface area (Å²) in [5.74, 6) is -0.115. The van der Waals surface area contributed by atoms with Crippen LogP contribution in [0.3, 0.4) is 0 Å². The van der Waals surface area contributed by atoms with Gasteiger partial charge in [-0.15, -0.1) is 12.4 Å². The third kappa shape index (κ3) is 4.79. The average Bonchev–Trinajstić information content (AvgIpc) is 3.37. The molecule has 5 rings (SSSR count). The third-order valence-corrected chi connectivity index (χ3v) is 7.05. The van der Waals surface area contributed by atoms with E-state index < -0.39 is 28.8 Å². The summed E-state index contributed by atoms with van der Waals surface area (Å²) >= 11 is 0. The maximum absolute atomic E-state index is 14.1. The number of aromatic nitrogens is 2. The SMILES string of the molecule is Cl.O=c1[nH]c(=O)n(CCCN2C[C@@H]3C[C@]3(c3ccc(C(F)(F)F)cc3)C2)cc1-c1ccccc1F. The summed E-state index contributed by atoms with van der Waals surface area (Å²) in [5, 5.41) is 0. The first-order valence-corrected chi connectivity index (χ1v) is 11.2. The van der Waals surface area contributed by atoms with Crippen molar-refractivity contribution in [2.45, 2.75) is 31.0 Å². The predicted molar refractivity (Wildman–Crippen MR) is 126 cm³/mol. The van der Waals surface area contributed by atoms with Gasteiger partial charge in [0.1, 0.15) is 5.82 Å². The molecule has 1 aliphatic heterocycles. The molecule has 186 valence electrons. The Morgan fingerprint density at radius 1 is 1.00 bits per heavy atom. The van der Waals surface area contributed by atoms with Gasteiger partial charge in [0.25, 0.3) is 5.56 Å². The summed E-state index contributed by atoms with van der Waals surface area (Å²) in [6.45, 7) is 2.69. The minimum absolute atomic E-state index is 0. The zero-order valence-electron chi connectivity index (χ0n) is 18.6. The lowest BCUT2D eigenvalue weighted by Gasteiger charge is -2.21. The zero-order valence-corrected chi connectivity index (χ0v) is 19.5. The van der Waals surface area contributed by atoms with Gasteiger partial charge in [-0.05, 0) is 49.1 Å². The first-order valence-electron chi connectivity index (χ1n) is 11.2. The molecule has 1 N–H and O–H groups in total. The summed E-state index contributed by atoms with van der Waals surface area (Å²) in [6.07, 6.45) is -1.34. The number of alkyl halides is 3. The van der Waals surface area contributed by atoms with E-state index in [1.807, 2.05) is 0 Å². The number of benzene rings is 2. The van der Waals surface area contributed by atoms with Gasteiger partial charge in [0.05, 0.1) is 11.1 Å². The lowest BCUT2D eigenvalue weighted by molar-refractivity contribution is -0.137. The number of aromatic amines is 1. The van der Waals surface area contributed by atoms with E-state index >= 15 is 0 Å². The first-order chi connectivity index (χ1) is 16.2. The maximum Gasteiger partial charge on any atom is 0.416 e. The molecule has 1 saturated carbocycles. The number of likely N-dealkylation sites (tertiary alicyclic amines) is 1. The van der Waals surface area contributed by atoms with Gasteiger partial charge >= 0.3 is 11.9 Å². The normalized spacial score (nSPS) is 21.4. The standard InChI is InChI=1S/C25H23F4N3O2.ClH/c26-21-5-2-1-4-19(21)20-14-32(23(34)30-22(20)33)11-3-10-31-13-18-12-24(18,15-31)16-6-8-17(9-7-16)25(27,28)29;/h1-2,4-9,14,18H,3,10-13,15H2,(H,30,33,34);1H/t18-,24+;/m0./s1. The quantitative estimate of drug-likeness (QED) is 0.500. The van der Waals surface area contributed by atoms with E-state index in [1.165, 1.54) is 29.0 Å². The molecule has 2 fully saturated rings.